The van der Waals surface area contributed by atoms with Crippen LogP contribution in [0.2, 0.25) is 0 Å². The first-order chi connectivity index (χ1) is 12.9. The minimum absolute atomic E-state index is 0.0183. The van der Waals surface area contributed by atoms with E-state index in [-0.39, 0.29) is 12.1 Å². The van der Waals surface area contributed by atoms with E-state index in [0.717, 1.165) is 51.8 Å². The van der Waals surface area contributed by atoms with Crippen LogP contribution in [0.15, 0.2) is 43.0 Å². The first-order valence-electron chi connectivity index (χ1n) is 9.64. The maximum Gasteiger partial charge on any atom is 0.301 e. The number of rotatable bonds is 11. The monoisotopic (exact) mass is 395 g/mol. The smallest absolute Gasteiger partial charge is 0.301 e. The molecule has 1 aliphatic rings. The summed E-state index contributed by atoms with van der Waals surface area (Å²) < 4.78 is 35.3. The number of nitrogens with zero attached hydrogens (tertiary/aromatic N) is 2. The number of hydrogen-bond donors (Lipinski definition) is 1. The summed E-state index contributed by atoms with van der Waals surface area (Å²) in [7, 11) is 0.198. The standard InChI is InChI=1S/C20H33N3O3S/c1-4-15-22(2)16-8-17-26-20-13-11-19(12-14-20)23(3)27(24,25)21-18-9-6-5-7-10-18/h4-7,9-10,19-21H,1,8,11-17H2,2-3H3/t19-,20-. The van der Waals surface area contributed by atoms with Gasteiger partial charge in [-0.15, -0.1) is 6.58 Å². The van der Waals surface area contributed by atoms with E-state index in [4.69, 9.17) is 4.74 Å². The highest BCUT2D eigenvalue weighted by Gasteiger charge is 2.30. The minimum atomic E-state index is -3.54. The Morgan fingerprint density at radius 3 is 2.48 bits per heavy atom. The Bertz CT molecular complexity index is 658. The molecule has 0 heterocycles. The third kappa shape index (κ3) is 7.25. The maximum atomic E-state index is 12.6. The molecule has 0 atom stereocenters. The van der Waals surface area contributed by atoms with Gasteiger partial charge in [0.25, 0.3) is 0 Å². The first-order valence-corrected chi connectivity index (χ1v) is 11.1. The van der Waals surface area contributed by atoms with E-state index in [1.165, 1.54) is 4.31 Å². The average Bonchev–Trinajstić information content (AvgIpc) is 2.66. The summed E-state index contributed by atoms with van der Waals surface area (Å²) in [6.07, 6.45) is 6.60. The van der Waals surface area contributed by atoms with Gasteiger partial charge in [-0.2, -0.15) is 12.7 Å². The third-order valence-electron chi connectivity index (χ3n) is 5.04. The van der Waals surface area contributed by atoms with Gasteiger partial charge in [0.2, 0.25) is 0 Å². The molecule has 0 bridgehead atoms. The molecular weight excluding hydrogens is 362 g/mol. The van der Waals surface area contributed by atoms with Gasteiger partial charge in [-0.05, 0) is 51.3 Å². The van der Waals surface area contributed by atoms with Gasteiger partial charge in [0.1, 0.15) is 0 Å². The van der Waals surface area contributed by atoms with E-state index in [9.17, 15) is 8.42 Å². The molecule has 1 aliphatic carbocycles. The second-order valence-electron chi connectivity index (χ2n) is 7.20. The van der Waals surface area contributed by atoms with Gasteiger partial charge in [-0.1, -0.05) is 24.3 Å². The highest BCUT2D eigenvalue weighted by atomic mass is 32.2. The molecule has 0 aliphatic heterocycles. The van der Waals surface area contributed by atoms with Crippen LogP contribution in [0, 0.1) is 0 Å². The molecular formula is C20H33N3O3S. The van der Waals surface area contributed by atoms with E-state index in [1.54, 1.807) is 19.2 Å². The van der Waals surface area contributed by atoms with Gasteiger partial charge in [0.15, 0.2) is 0 Å². The topological polar surface area (TPSA) is 61.9 Å². The number of ether oxygens (including phenoxy) is 1. The van der Waals surface area contributed by atoms with E-state index >= 15 is 0 Å². The fourth-order valence-corrected chi connectivity index (χ4v) is 4.58. The SMILES string of the molecule is C=CCN(C)CCCO[C@H]1CC[C@H](N(C)S(=O)(=O)Nc2ccccc2)CC1. The fourth-order valence-electron chi connectivity index (χ4n) is 3.40. The van der Waals surface area contributed by atoms with Crippen LogP contribution in [-0.2, 0) is 14.9 Å². The van der Waals surface area contributed by atoms with Crippen LogP contribution in [0.5, 0.6) is 0 Å². The number of likely N-dealkylation sites (N-methyl/N-ethyl adjacent to an activating group) is 1. The van der Waals surface area contributed by atoms with Crippen molar-refractivity contribution in [1.82, 2.24) is 9.21 Å². The summed E-state index contributed by atoms with van der Waals surface area (Å²) >= 11 is 0. The molecule has 1 saturated carbocycles. The van der Waals surface area contributed by atoms with Crippen molar-refractivity contribution in [2.75, 3.05) is 38.5 Å². The van der Waals surface area contributed by atoms with Gasteiger partial charge in [0, 0.05) is 38.5 Å². The van der Waals surface area contributed by atoms with Crippen molar-refractivity contribution in [1.29, 1.82) is 0 Å². The Morgan fingerprint density at radius 1 is 1.19 bits per heavy atom. The Balaban J connectivity index is 1.72. The lowest BCUT2D eigenvalue weighted by molar-refractivity contribution is 0.0143. The van der Waals surface area contributed by atoms with Gasteiger partial charge in [-0.25, -0.2) is 0 Å². The molecule has 1 fully saturated rings. The van der Waals surface area contributed by atoms with Gasteiger partial charge in [0.05, 0.1) is 6.10 Å². The molecule has 152 valence electrons. The van der Waals surface area contributed by atoms with Crippen LogP contribution in [-0.4, -0.2) is 63.6 Å². The lowest BCUT2D eigenvalue weighted by Crippen LogP contribution is -2.43. The number of nitrogens with one attached hydrogen (secondary N) is 1. The van der Waals surface area contributed by atoms with E-state index in [2.05, 4.69) is 23.2 Å². The summed E-state index contributed by atoms with van der Waals surface area (Å²) in [6.45, 7) is 6.38. The molecule has 27 heavy (non-hydrogen) atoms. The molecule has 0 radical (unpaired) electrons. The largest absolute Gasteiger partial charge is 0.378 e. The zero-order chi connectivity index (χ0) is 19.7. The molecule has 1 N–H and O–H groups in total. The highest BCUT2D eigenvalue weighted by molar-refractivity contribution is 7.90. The van der Waals surface area contributed by atoms with E-state index in [1.807, 2.05) is 24.3 Å². The van der Waals surface area contributed by atoms with E-state index < -0.39 is 10.2 Å². The van der Waals surface area contributed by atoms with Crippen LogP contribution >= 0.6 is 0 Å². The second-order valence-corrected chi connectivity index (χ2v) is 8.93. The highest BCUT2D eigenvalue weighted by Crippen LogP contribution is 2.26. The zero-order valence-corrected chi connectivity index (χ0v) is 17.3. The molecule has 0 amide bonds. The van der Waals surface area contributed by atoms with Crippen molar-refractivity contribution in [2.45, 2.75) is 44.2 Å². The van der Waals surface area contributed by atoms with Crippen molar-refractivity contribution in [3.8, 4) is 0 Å². The second kappa shape index (κ2) is 10.8. The Morgan fingerprint density at radius 2 is 1.85 bits per heavy atom. The molecule has 1 aromatic rings. The Kier molecular flexibility index (Phi) is 8.76. The first kappa shape index (κ1) is 21.9. The normalized spacial score (nSPS) is 20.7. The lowest BCUT2D eigenvalue weighted by atomic mass is 9.93. The number of hydrogen-bond acceptors (Lipinski definition) is 4. The quantitative estimate of drug-likeness (QED) is 0.462. The lowest BCUT2D eigenvalue weighted by Gasteiger charge is -2.34. The molecule has 0 spiro atoms. The average molecular weight is 396 g/mol. The summed E-state index contributed by atoms with van der Waals surface area (Å²) in [5, 5.41) is 0. The zero-order valence-electron chi connectivity index (χ0n) is 16.5. The van der Waals surface area contributed by atoms with Crippen LogP contribution in [0.3, 0.4) is 0 Å². The molecule has 0 aromatic heterocycles. The van der Waals surface area contributed by atoms with Crippen molar-refractivity contribution in [2.24, 2.45) is 0 Å². The van der Waals surface area contributed by atoms with Crippen molar-refractivity contribution in [3.63, 3.8) is 0 Å². The van der Waals surface area contributed by atoms with E-state index in [0.29, 0.717) is 5.69 Å². The van der Waals surface area contributed by atoms with Gasteiger partial charge in [-0.3, -0.25) is 4.72 Å². The number of anilines is 1. The van der Waals surface area contributed by atoms with Crippen molar-refractivity contribution in [3.05, 3.63) is 43.0 Å². The molecule has 1 aromatic carbocycles. The molecule has 6 nitrogen and oxygen atoms in total. The summed E-state index contributed by atoms with van der Waals surface area (Å²) in [4.78, 5) is 2.22. The minimum Gasteiger partial charge on any atom is -0.378 e. The summed E-state index contributed by atoms with van der Waals surface area (Å²) in [6, 6.07) is 9.01. The van der Waals surface area contributed by atoms with Gasteiger partial charge < -0.3 is 9.64 Å². The Hall–Kier alpha value is -1.41. The fraction of sp³-hybridized carbons (Fsp3) is 0.600. The summed E-state index contributed by atoms with van der Waals surface area (Å²) in [5.74, 6) is 0. The predicted octanol–water partition coefficient (Wildman–Crippen LogP) is 3.11. The number of benzene rings is 1. The third-order valence-corrected chi connectivity index (χ3v) is 6.59. The molecule has 0 unspecified atom stereocenters. The van der Waals surface area contributed by atoms with Crippen molar-refractivity contribution >= 4 is 15.9 Å². The van der Waals surface area contributed by atoms with Crippen molar-refractivity contribution < 1.29 is 13.2 Å². The molecule has 7 heteroatoms. The maximum absolute atomic E-state index is 12.6. The van der Waals surface area contributed by atoms with Crippen LogP contribution in [0.1, 0.15) is 32.1 Å². The number of para-hydroxylation sites is 1. The molecule has 0 saturated heterocycles. The predicted molar refractivity (Wildman–Crippen MR) is 111 cm³/mol. The summed E-state index contributed by atoms with van der Waals surface area (Å²) in [5.41, 5.74) is 0.586. The van der Waals surface area contributed by atoms with Crippen LogP contribution in [0.25, 0.3) is 0 Å². The molecule has 2 rings (SSSR count). The van der Waals surface area contributed by atoms with Crippen LogP contribution < -0.4 is 4.72 Å². The van der Waals surface area contributed by atoms with Crippen LogP contribution in [0.4, 0.5) is 5.69 Å². The van der Waals surface area contributed by atoms with Gasteiger partial charge >= 0.3 is 10.2 Å². The Labute approximate surface area is 164 Å².